The molecule has 0 atom stereocenters. The molecule has 2 amide bonds. The molecule has 5 nitrogen and oxygen atoms in total. The molecule has 2 aromatic carbocycles. The zero-order valence-electron chi connectivity index (χ0n) is 14.0. The molecule has 1 heterocycles. The highest BCUT2D eigenvalue weighted by Gasteiger charge is 2.21. The van der Waals surface area contributed by atoms with Crippen molar-refractivity contribution in [2.24, 2.45) is 0 Å². The van der Waals surface area contributed by atoms with Gasteiger partial charge in [-0.25, -0.2) is 0 Å². The molecule has 1 saturated heterocycles. The van der Waals surface area contributed by atoms with Gasteiger partial charge in [-0.1, -0.05) is 18.2 Å². The smallest absolute Gasteiger partial charge is 0.262 e. The number of anilines is 2. The minimum atomic E-state index is -0.218. The first-order chi connectivity index (χ1) is 12.2. The van der Waals surface area contributed by atoms with Gasteiger partial charge < -0.3 is 15.0 Å². The van der Waals surface area contributed by atoms with Crippen LogP contribution in [0, 0.1) is 0 Å². The van der Waals surface area contributed by atoms with Gasteiger partial charge in [-0.2, -0.15) is 0 Å². The van der Waals surface area contributed by atoms with Crippen LogP contribution in [0.3, 0.4) is 0 Å². The standard InChI is InChI=1S/C19H20N2O3S/c1-25-17-9-3-2-8-16(17)20-18(22)13-24-15-7-4-6-14(12-15)21-11-5-10-19(21)23/h2-4,6-9,12H,5,10-11,13H2,1H3,(H,20,22). The van der Waals surface area contributed by atoms with Gasteiger partial charge in [0.2, 0.25) is 5.91 Å². The van der Waals surface area contributed by atoms with Crippen LogP contribution in [0.1, 0.15) is 12.8 Å². The van der Waals surface area contributed by atoms with Crippen molar-refractivity contribution in [3.05, 3.63) is 48.5 Å². The number of thioether (sulfide) groups is 1. The lowest BCUT2D eigenvalue weighted by atomic mass is 10.3. The topological polar surface area (TPSA) is 58.6 Å². The van der Waals surface area contributed by atoms with Crippen molar-refractivity contribution in [1.82, 2.24) is 0 Å². The van der Waals surface area contributed by atoms with Crippen LogP contribution in [0.5, 0.6) is 5.75 Å². The molecule has 2 aromatic rings. The maximum absolute atomic E-state index is 12.1. The van der Waals surface area contributed by atoms with Crippen LogP contribution in [-0.2, 0) is 9.59 Å². The number of nitrogens with zero attached hydrogens (tertiary/aromatic N) is 1. The zero-order valence-corrected chi connectivity index (χ0v) is 14.8. The van der Waals surface area contributed by atoms with E-state index in [1.807, 2.05) is 42.7 Å². The van der Waals surface area contributed by atoms with Crippen LogP contribution in [0.15, 0.2) is 53.4 Å². The van der Waals surface area contributed by atoms with Gasteiger partial charge in [0.1, 0.15) is 5.75 Å². The SMILES string of the molecule is CSc1ccccc1NC(=O)COc1cccc(N2CCCC2=O)c1. The van der Waals surface area contributed by atoms with E-state index >= 15 is 0 Å². The van der Waals surface area contributed by atoms with Crippen molar-refractivity contribution in [3.8, 4) is 5.75 Å². The Bertz CT molecular complexity index is 779. The number of carbonyl (C=O) groups is 2. The lowest BCUT2D eigenvalue weighted by Crippen LogP contribution is -2.24. The molecule has 1 aliphatic rings. The third-order valence-electron chi connectivity index (χ3n) is 3.95. The third kappa shape index (κ3) is 4.33. The molecule has 0 radical (unpaired) electrons. The molecule has 1 aliphatic heterocycles. The summed E-state index contributed by atoms with van der Waals surface area (Å²) in [4.78, 5) is 26.7. The van der Waals surface area contributed by atoms with Gasteiger partial charge in [0.15, 0.2) is 6.61 Å². The molecule has 6 heteroatoms. The second-order valence-electron chi connectivity index (χ2n) is 5.68. The molecule has 3 rings (SSSR count). The van der Waals surface area contributed by atoms with E-state index < -0.39 is 0 Å². The fourth-order valence-corrected chi connectivity index (χ4v) is 3.30. The highest BCUT2D eigenvalue weighted by atomic mass is 32.2. The van der Waals surface area contributed by atoms with Crippen molar-refractivity contribution in [2.75, 3.05) is 29.6 Å². The van der Waals surface area contributed by atoms with Crippen LogP contribution >= 0.6 is 11.8 Å². The number of rotatable bonds is 6. The van der Waals surface area contributed by atoms with E-state index in [2.05, 4.69) is 5.32 Å². The Morgan fingerprint density at radius 1 is 1.24 bits per heavy atom. The second-order valence-corrected chi connectivity index (χ2v) is 6.53. The number of ether oxygens (including phenoxy) is 1. The molecule has 0 aromatic heterocycles. The van der Waals surface area contributed by atoms with Crippen molar-refractivity contribution in [3.63, 3.8) is 0 Å². The van der Waals surface area contributed by atoms with E-state index in [4.69, 9.17) is 4.74 Å². The van der Waals surface area contributed by atoms with Crippen molar-refractivity contribution in [2.45, 2.75) is 17.7 Å². The Labute approximate surface area is 151 Å². The van der Waals surface area contributed by atoms with E-state index in [0.717, 1.165) is 29.2 Å². The number of hydrogen-bond acceptors (Lipinski definition) is 4. The summed E-state index contributed by atoms with van der Waals surface area (Å²) in [6, 6.07) is 14.9. The van der Waals surface area contributed by atoms with Crippen LogP contribution in [-0.4, -0.2) is 31.2 Å². The number of benzene rings is 2. The summed E-state index contributed by atoms with van der Waals surface area (Å²) in [5.41, 5.74) is 1.59. The molecule has 25 heavy (non-hydrogen) atoms. The minimum absolute atomic E-state index is 0.0832. The van der Waals surface area contributed by atoms with Gasteiger partial charge in [0.05, 0.1) is 5.69 Å². The second kappa shape index (κ2) is 8.07. The molecule has 0 spiro atoms. The van der Waals surface area contributed by atoms with Gasteiger partial charge in [-0.05, 0) is 36.9 Å². The fourth-order valence-electron chi connectivity index (χ4n) is 2.75. The van der Waals surface area contributed by atoms with Crippen LogP contribution in [0.2, 0.25) is 0 Å². The summed E-state index contributed by atoms with van der Waals surface area (Å²) in [6.07, 6.45) is 3.43. The normalized spacial score (nSPS) is 13.8. The summed E-state index contributed by atoms with van der Waals surface area (Å²) < 4.78 is 5.59. The highest BCUT2D eigenvalue weighted by molar-refractivity contribution is 7.98. The summed E-state index contributed by atoms with van der Waals surface area (Å²) in [6.45, 7) is 0.647. The summed E-state index contributed by atoms with van der Waals surface area (Å²) in [5, 5.41) is 2.86. The molecule has 1 N–H and O–H groups in total. The lowest BCUT2D eigenvalue weighted by molar-refractivity contribution is -0.118. The molecule has 0 aliphatic carbocycles. The van der Waals surface area contributed by atoms with Crippen LogP contribution in [0.25, 0.3) is 0 Å². The lowest BCUT2D eigenvalue weighted by Gasteiger charge is -2.16. The van der Waals surface area contributed by atoms with E-state index in [-0.39, 0.29) is 18.4 Å². The van der Waals surface area contributed by atoms with Crippen LogP contribution < -0.4 is 15.0 Å². The highest BCUT2D eigenvalue weighted by Crippen LogP contribution is 2.26. The van der Waals surface area contributed by atoms with Gasteiger partial charge >= 0.3 is 0 Å². The van der Waals surface area contributed by atoms with Crippen molar-refractivity contribution >= 4 is 35.0 Å². The zero-order chi connectivity index (χ0) is 17.6. The first-order valence-electron chi connectivity index (χ1n) is 8.13. The maximum atomic E-state index is 12.1. The fraction of sp³-hybridized carbons (Fsp3) is 0.263. The monoisotopic (exact) mass is 356 g/mol. The van der Waals surface area contributed by atoms with E-state index in [9.17, 15) is 9.59 Å². The maximum Gasteiger partial charge on any atom is 0.262 e. The average molecular weight is 356 g/mol. The Morgan fingerprint density at radius 3 is 2.84 bits per heavy atom. The van der Waals surface area contributed by atoms with E-state index in [1.54, 1.807) is 28.8 Å². The molecular formula is C19H20N2O3S. The quantitative estimate of drug-likeness (QED) is 0.804. The van der Waals surface area contributed by atoms with Crippen LogP contribution in [0.4, 0.5) is 11.4 Å². The Hall–Kier alpha value is -2.47. The molecule has 0 unspecified atom stereocenters. The third-order valence-corrected chi connectivity index (χ3v) is 4.75. The number of carbonyl (C=O) groups excluding carboxylic acids is 2. The minimum Gasteiger partial charge on any atom is -0.484 e. The summed E-state index contributed by atoms with van der Waals surface area (Å²) in [5.74, 6) is 0.484. The van der Waals surface area contributed by atoms with Gasteiger partial charge in [0.25, 0.3) is 5.91 Å². The Kier molecular flexibility index (Phi) is 5.60. The predicted molar refractivity (Wildman–Crippen MR) is 100 cm³/mol. The first kappa shape index (κ1) is 17.4. The predicted octanol–water partition coefficient (Wildman–Crippen LogP) is 3.55. The Balaban J connectivity index is 1.60. The largest absolute Gasteiger partial charge is 0.484 e. The first-order valence-corrected chi connectivity index (χ1v) is 9.36. The number of nitrogens with one attached hydrogen (secondary N) is 1. The molecular weight excluding hydrogens is 336 g/mol. The summed E-state index contributed by atoms with van der Waals surface area (Å²) >= 11 is 1.58. The number of hydrogen-bond donors (Lipinski definition) is 1. The van der Waals surface area contributed by atoms with Gasteiger partial charge in [-0.15, -0.1) is 11.8 Å². The van der Waals surface area contributed by atoms with E-state index in [0.29, 0.717) is 12.2 Å². The molecule has 0 saturated carbocycles. The van der Waals surface area contributed by atoms with Crippen molar-refractivity contribution in [1.29, 1.82) is 0 Å². The van der Waals surface area contributed by atoms with E-state index in [1.165, 1.54) is 0 Å². The number of para-hydroxylation sites is 1. The van der Waals surface area contributed by atoms with Crippen molar-refractivity contribution < 1.29 is 14.3 Å². The molecule has 0 bridgehead atoms. The number of amides is 2. The average Bonchev–Trinajstić information content (AvgIpc) is 3.07. The van der Waals surface area contributed by atoms with Gasteiger partial charge in [-0.3, -0.25) is 9.59 Å². The van der Waals surface area contributed by atoms with Gasteiger partial charge in [0, 0.05) is 29.6 Å². The Morgan fingerprint density at radius 2 is 2.08 bits per heavy atom. The summed E-state index contributed by atoms with van der Waals surface area (Å²) in [7, 11) is 0. The molecule has 1 fully saturated rings. The molecule has 130 valence electrons.